The molecule has 1 aromatic heterocycles. The molecule has 4 rings (SSSR count). The molecule has 2 aromatic rings. The number of carbonyl (C=O) groups is 1. The SMILES string of the molecule is NC1CCCCC1Nc1nc2c(c(Nc3cccc(C(F)(F)F)c3)n1)C(=O)NC2. The minimum absolute atomic E-state index is 0.00766. The number of halogens is 3. The van der Waals surface area contributed by atoms with E-state index in [-0.39, 0.29) is 41.6 Å². The van der Waals surface area contributed by atoms with Crippen LogP contribution in [0.25, 0.3) is 0 Å². The Morgan fingerprint density at radius 1 is 1.17 bits per heavy atom. The van der Waals surface area contributed by atoms with Gasteiger partial charge >= 0.3 is 6.18 Å². The van der Waals surface area contributed by atoms with Gasteiger partial charge in [-0.1, -0.05) is 18.9 Å². The lowest BCUT2D eigenvalue weighted by Gasteiger charge is -2.29. The van der Waals surface area contributed by atoms with Gasteiger partial charge in [-0.25, -0.2) is 4.98 Å². The first-order valence-electron chi connectivity index (χ1n) is 9.47. The van der Waals surface area contributed by atoms with Crippen LogP contribution < -0.4 is 21.7 Å². The number of hydrogen-bond donors (Lipinski definition) is 4. The average molecular weight is 406 g/mol. The molecule has 2 heterocycles. The first-order valence-corrected chi connectivity index (χ1v) is 9.47. The molecule has 1 aromatic carbocycles. The van der Waals surface area contributed by atoms with Crippen LogP contribution in [-0.2, 0) is 12.7 Å². The van der Waals surface area contributed by atoms with Crippen molar-refractivity contribution >= 4 is 23.4 Å². The number of rotatable bonds is 4. The highest BCUT2D eigenvalue weighted by Crippen LogP contribution is 2.32. The number of nitrogens with two attached hydrogens (primary N) is 1. The first kappa shape index (κ1) is 19.4. The quantitative estimate of drug-likeness (QED) is 0.622. The fourth-order valence-electron chi connectivity index (χ4n) is 3.70. The fraction of sp³-hybridized carbons (Fsp3) is 0.421. The second-order valence-corrected chi connectivity index (χ2v) is 7.30. The molecule has 1 saturated carbocycles. The first-order chi connectivity index (χ1) is 13.8. The van der Waals surface area contributed by atoms with Crippen LogP contribution in [0, 0.1) is 0 Å². The van der Waals surface area contributed by atoms with Crippen molar-refractivity contribution in [1.82, 2.24) is 15.3 Å². The van der Waals surface area contributed by atoms with Crippen LogP contribution in [-0.4, -0.2) is 28.0 Å². The number of hydrogen-bond acceptors (Lipinski definition) is 6. The molecule has 1 aliphatic carbocycles. The minimum atomic E-state index is -4.47. The maximum atomic E-state index is 13.0. The predicted octanol–water partition coefficient (Wildman–Crippen LogP) is 3.16. The summed E-state index contributed by atoms with van der Waals surface area (Å²) < 4.78 is 39.0. The van der Waals surface area contributed by atoms with Crippen LogP contribution >= 0.6 is 0 Å². The van der Waals surface area contributed by atoms with Crippen LogP contribution in [0.2, 0.25) is 0 Å². The van der Waals surface area contributed by atoms with Gasteiger partial charge in [-0.2, -0.15) is 18.2 Å². The van der Waals surface area contributed by atoms with Gasteiger partial charge in [0.15, 0.2) is 0 Å². The number of aromatic nitrogens is 2. The summed E-state index contributed by atoms with van der Waals surface area (Å²) in [5.41, 5.74) is 6.30. The van der Waals surface area contributed by atoms with Crippen LogP contribution in [0.1, 0.15) is 47.3 Å². The van der Waals surface area contributed by atoms with E-state index in [1.54, 1.807) is 0 Å². The second-order valence-electron chi connectivity index (χ2n) is 7.30. The van der Waals surface area contributed by atoms with E-state index in [4.69, 9.17) is 5.73 Å². The van der Waals surface area contributed by atoms with E-state index in [1.165, 1.54) is 12.1 Å². The number of carbonyl (C=O) groups excluding carboxylic acids is 1. The zero-order valence-electron chi connectivity index (χ0n) is 15.5. The van der Waals surface area contributed by atoms with E-state index in [1.807, 2.05) is 0 Å². The summed E-state index contributed by atoms with van der Waals surface area (Å²) in [6, 6.07) is 4.73. The third-order valence-electron chi connectivity index (χ3n) is 5.21. The number of anilines is 3. The normalized spacial score (nSPS) is 21.4. The standard InChI is InChI=1S/C19H21F3N6O/c20-19(21,22)10-4-3-5-11(8-10)25-16-15-14(9-24-17(15)29)27-18(28-16)26-13-7-2-1-6-12(13)23/h3-5,8,12-13H,1-2,6-7,9,23H2,(H,24,29)(H2,25,26,27,28). The van der Waals surface area contributed by atoms with Crippen molar-refractivity contribution in [3.8, 4) is 0 Å². The maximum absolute atomic E-state index is 13.0. The summed E-state index contributed by atoms with van der Waals surface area (Å²) in [7, 11) is 0. The Morgan fingerprint density at radius 3 is 2.72 bits per heavy atom. The molecule has 7 nitrogen and oxygen atoms in total. The third kappa shape index (κ3) is 4.12. The van der Waals surface area contributed by atoms with Gasteiger partial charge in [0.05, 0.1) is 17.8 Å². The average Bonchev–Trinajstić information content (AvgIpc) is 3.04. The lowest BCUT2D eigenvalue weighted by atomic mass is 9.91. The number of nitrogens with zero attached hydrogens (tertiary/aromatic N) is 2. The monoisotopic (exact) mass is 406 g/mol. The smallest absolute Gasteiger partial charge is 0.350 e. The maximum Gasteiger partial charge on any atom is 0.416 e. The van der Waals surface area contributed by atoms with Gasteiger partial charge in [0, 0.05) is 17.8 Å². The van der Waals surface area contributed by atoms with Gasteiger partial charge in [-0.3, -0.25) is 4.79 Å². The van der Waals surface area contributed by atoms with Crippen molar-refractivity contribution in [2.24, 2.45) is 5.73 Å². The molecule has 1 amide bonds. The molecule has 154 valence electrons. The van der Waals surface area contributed by atoms with E-state index in [9.17, 15) is 18.0 Å². The number of benzene rings is 1. The highest BCUT2D eigenvalue weighted by Gasteiger charge is 2.31. The minimum Gasteiger partial charge on any atom is -0.350 e. The van der Waals surface area contributed by atoms with Gasteiger partial charge in [-0.05, 0) is 31.0 Å². The van der Waals surface area contributed by atoms with Crippen molar-refractivity contribution in [2.45, 2.75) is 50.5 Å². The third-order valence-corrected chi connectivity index (χ3v) is 5.21. The molecule has 0 saturated heterocycles. The van der Waals surface area contributed by atoms with Crippen molar-refractivity contribution in [1.29, 1.82) is 0 Å². The predicted molar refractivity (Wildman–Crippen MR) is 102 cm³/mol. The Balaban J connectivity index is 1.65. The van der Waals surface area contributed by atoms with Gasteiger partial charge in [-0.15, -0.1) is 0 Å². The summed E-state index contributed by atoms with van der Waals surface area (Å²) in [5, 5.41) is 8.76. The molecular formula is C19H21F3N6O. The number of alkyl halides is 3. The Labute approximate surface area is 165 Å². The van der Waals surface area contributed by atoms with Crippen LogP contribution in [0.5, 0.6) is 0 Å². The summed E-state index contributed by atoms with van der Waals surface area (Å²) >= 11 is 0. The van der Waals surface area contributed by atoms with Crippen LogP contribution in [0.15, 0.2) is 24.3 Å². The molecule has 0 radical (unpaired) electrons. The summed E-state index contributed by atoms with van der Waals surface area (Å²) in [4.78, 5) is 21.0. The molecule has 29 heavy (non-hydrogen) atoms. The van der Waals surface area contributed by atoms with Gasteiger partial charge in [0.1, 0.15) is 11.4 Å². The molecular weight excluding hydrogens is 385 g/mol. The number of amides is 1. The lowest BCUT2D eigenvalue weighted by molar-refractivity contribution is -0.137. The molecule has 10 heteroatoms. The molecule has 0 bridgehead atoms. The molecule has 5 N–H and O–H groups in total. The molecule has 1 fully saturated rings. The zero-order valence-corrected chi connectivity index (χ0v) is 15.5. The van der Waals surface area contributed by atoms with Gasteiger partial charge in [0.25, 0.3) is 5.91 Å². The van der Waals surface area contributed by atoms with Gasteiger partial charge < -0.3 is 21.7 Å². The molecule has 2 atom stereocenters. The lowest BCUT2D eigenvalue weighted by Crippen LogP contribution is -2.43. The van der Waals surface area contributed by atoms with Crippen LogP contribution in [0.4, 0.5) is 30.6 Å². The van der Waals surface area contributed by atoms with Crippen molar-refractivity contribution < 1.29 is 18.0 Å². The summed E-state index contributed by atoms with van der Waals surface area (Å²) in [6.45, 7) is 0.235. The Hall–Kier alpha value is -2.88. The molecule has 2 unspecified atom stereocenters. The largest absolute Gasteiger partial charge is 0.416 e. The highest BCUT2D eigenvalue weighted by molar-refractivity contribution is 6.02. The van der Waals surface area contributed by atoms with Crippen molar-refractivity contribution in [3.05, 3.63) is 41.1 Å². The molecule has 2 aliphatic rings. The van der Waals surface area contributed by atoms with E-state index in [0.717, 1.165) is 37.8 Å². The highest BCUT2D eigenvalue weighted by atomic mass is 19.4. The Kier molecular flexibility index (Phi) is 5.03. The van der Waals surface area contributed by atoms with Crippen molar-refractivity contribution in [2.75, 3.05) is 10.6 Å². The van der Waals surface area contributed by atoms with Crippen molar-refractivity contribution in [3.63, 3.8) is 0 Å². The Morgan fingerprint density at radius 2 is 1.97 bits per heavy atom. The van der Waals surface area contributed by atoms with Crippen LogP contribution in [0.3, 0.4) is 0 Å². The molecule has 1 aliphatic heterocycles. The van der Waals surface area contributed by atoms with E-state index >= 15 is 0 Å². The fourth-order valence-corrected chi connectivity index (χ4v) is 3.70. The Bertz CT molecular complexity index is 933. The number of fused-ring (bicyclic) bond motifs is 1. The number of nitrogens with one attached hydrogen (secondary N) is 3. The second kappa shape index (κ2) is 7.51. The zero-order chi connectivity index (χ0) is 20.6. The van der Waals surface area contributed by atoms with E-state index < -0.39 is 11.7 Å². The molecule has 0 spiro atoms. The topological polar surface area (TPSA) is 105 Å². The summed E-state index contributed by atoms with van der Waals surface area (Å²) in [5.74, 6) is 0.101. The van der Waals surface area contributed by atoms with E-state index in [2.05, 4.69) is 25.9 Å². The van der Waals surface area contributed by atoms with E-state index in [0.29, 0.717) is 11.6 Å². The van der Waals surface area contributed by atoms with Gasteiger partial charge in [0.2, 0.25) is 5.95 Å². The summed E-state index contributed by atoms with van der Waals surface area (Å²) in [6.07, 6.45) is -0.559.